The molecule has 35 heavy (non-hydrogen) atoms. The van der Waals surface area contributed by atoms with E-state index in [4.69, 9.17) is 21.4 Å². The van der Waals surface area contributed by atoms with E-state index >= 15 is 0 Å². The number of hydrogen-bond donors (Lipinski definition) is 0. The number of rotatable bonds is 7. The van der Waals surface area contributed by atoms with Crippen LogP contribution >= 0.6 is 11.6 Å². The number of hydrogen-bond acceptors (Lipinski definition) is 5. The zero-order chi connectivity index (χ0) is 24.4. The van der Waals surface area contributed by atoms with Crippen LogP contribution < -0.4 is 4.90 Å². The van der Waals surface area contributed by atoms with E-state index in [1.54, 1.807) is 24.3 Å². The van der Waals surface area contributed by atoms with Crippen molar-refractivity contribution in [3.8, 4) is 0 Å². The van der Waals surface area contributed by atoms with Gasteiger partial charge in [0.25, 0.3) is 6.43 Å². The van der Waals surface area contributed by atoms with Gasteiger partial charge in [-0.3, -0.25) is 9.67 Å². The summed E-state index contributed by atoms with van der Waals surface area (Å²) in [5.74, 6) is 0.962. The summed E-state index contributed by atoms with van der Waals surface area (Å²) in [6.45, 7) is 0.621. The Balaban J connectivity index is 1.35. The first-order valence-electron chi connectivity index (χ1n) is 11.7. The quantitative estimate of drug-likeness (QED) is 0.278. The van der Waals surface area contributed by atoms with Crippen molar-refractivity contribution in [1.29, 1.82) is 0 Å². The molecule has 5 rings (SSSR count). The Morgan fingerprint density at radius 3 is 2.63 bits per heavy atom. The predicted molar refractivity (Wildman–Crippen MR) is 132 cm³/mol. The van der Waals surface area contributed by atoms with E-state index in [1.807, 2.05) is 28.9 Å². The average molecular weight is 498 g/mol. The molecule has 1 aliphatic carbocycles. The van der Waals surface area contributed by atoms with Gasteiger partial charge in [-0.15, -0.1) is 0 Å². The summed E-state index contributed by atoms with van der Waals surface area (Å²) in [7, 11) is 1.76. The van der Waals surface area contributed by atoms with E-state index < -0.39 is 6.43 Å². The van der Waals surface area contributed by atoms with Gasteiger partial charge in [0.2, 0.25) is 0 Å². The molecule has 9 heteroatoms. The van der Waals surface area contributed by atoms with E-state index in [2.05, 4.69) is 22.1 Å². The van der Waals surface area contributed by atoms with Gasteiger partial charge in [0.05, 0.1) is 34.7 Å². The average Bonchev–Trinajstić information content (AvgIpc) is 3.28. The van der Waals surface area contributed by atoms with Crippen molar-refractivity contribution in [3.05, 3.63) is 77.2 Å². The van der Waals surface area contributed by atoms with Gasteiger partial charge < -0.3 is 9.64 Å². The largest absolute Gasteiger partial charge is 0.374 e. The Kier molecular flexibility index (Phi) is 6.92. The molecule has 0 saturated heterocycles. The summed E-state index contributed by atoms with van der Waals surface area (Å²) in [5, 5.41) is 5.69. The third-order valence-corrected chi connectivity index (χ3v) is 6.89. The molecule has 1 saturated carbocycles. The number of halogens is 3. The minimum atomic E-state index is -2.69. The third-order valence-electron chi connectivity index (χ3n) is 6.57. The molecule has 0 unspecified atom stereocenters. The Hall–Kier alpha value is -3.10. The molecule has 1 aromatic carbocycles. The SMILES string of the molecule is CN(c1cc(C(F)F)c(Cl)cn1)c1nn(C2CCC(OCc3ccccc3)CC2)c2ccncc12. The highest BCUT2D eigenvalue weighted by atomic mass is 35.5. The molecule has 0 aliphatic heterocycles. The summed E-state index contributed by atoms with van der Waals surface area (Å²) in [4.78, 5) is 10.2. The Labute approximate surface area is 207 Å². The number of benzene rings is 1. The van der Waals surface area contributed by atoms with Gasteiger partial charge in [-0.05, 0) is 43.4 Å². The Bertz CT molecular complexity index is 1290. The van der Waals surface area contributed by atoms with E-state index in [0.29, 0.717) is 18.2 Å². The topological polar surface area (TPSA) is 56.1 Å². The zero-order valence-electron chi connectivity index (χ0n) is 19.3. The standard InChI is InChI=1S/C26H26ClF2N5O/c1-33(24-13-20(25(28)29)22(27)15-31-24)26-21-14-30-12-11-23(21)34(32-26)18-7-9-19(10-8-18)35-16-17-5-3-2-4-6-17/h2-6,11-15,18-19,25H,7-10,16H2,1H3. The molecular weight excluding hydrogens is 472 g/mol. The zero-order valence-corrected chi connectivity index (χ0v) is 20.1. The van der Waals surface area contributed by atoms with Crippen molar-refractivity contribution in [2.45, 2.75) is 50.9 Å². The van der Waals surface area contributed by atoms with Crippen LogP contribution in [0.25, 0.3) is 10.9 Å². The lowest BCUT2D eigenvalue weighted by Gasteiger charge is -2.29. The van der Waals surface area contributed by atoms with Crippen LogP contribution in [0.5, 0.6) is 0 Å². The monoisotopic (exact) mass is 497 g/mol. The van der Waals surface area contributed by atoms with Crippen molar-refractivity contribution in [1.82, 2.24) is 19.7 Å². The molecule has 4 aromatic rings. The first-order chi connectivity index (χ1) is 17.0. The number of aromatic nitrogens is 4. The number of anilines is 2. The van der Waals surface area contributed by atoms with Crippen LogP contribution in [0.15, 0.2) is 61.1 Å². The summed E-state index contributed by atoms with van der Waals surface area (Å²) in [5.41, 5.74) is 1.89. The second-order valence-electron chi connectivity index (χ2n) is 8.81. The number of nitrogens with zero attached hydrogens (tertiary/aromatic N) is 5. The summed E-state index contributed by atoms with van der Waals surface area (Å²) in [6.07, 6.45) is 6.07. The van der Waals surface area contributed by atoms with Crippen molar-refractivity contribution in [3.63, 3.8) is 0 Å². The maximum Gasteiger partial charge on any atom is 0.265 e. The molecular formula is C26H26ClF2N5O. The van der Waals surface area contributed by atoms with Gasteiger partial charge in [0, 0.05) is 31.2 Å². The van der Waals surface area contributed by atoms with E-state index in [0.717, 1.165) is 36.6 Å². The first kappa shape index (κ1) is 23.6. The van der Waals surface area contributed by atoms with Crippen LogP contribution in [0.4, 0.5) is 20.4 Å². The normalized spacial score (nSPS) is 18.3. The minimum absolute atomic E-state index is 0.0551. The molecule has 1 fully saturated rings. The van der Waals surface area contributed by atoms with Crippen molar-refractivity contribution < 1.29 is 13.5 Å². The molecule has 182 valence electrons. The van der Waals surface area contributed by atoms with Crippen molar-refractivity contribution >= 4 is 34.1 Å². The highest BCUT2D eigenvalue weighted by molar-refractivity contribution is 6.31. The predicted octanol–water partition coefficient (Wildman–Crippen LogP) is 6.89. The van der Waals surface area contributed by atoms with Gasteiger partial charge in [0.1, 0.15) is 5.82 Å². The fraction of sp³-hybridized carbons (Fsp3) is 0.346. The molecule has 3 aromatic heterocycles. The maximum absolute atomic E-state index is 13.4. The lowest BCUT2D eigenvalue weighted by Crippen LogP contribution is -2.24. The molecule has 0 radical (unpaired) electrons. The second kappa shape index (κ2) is 10.3. The number of ether oxygens (including phenoxy) is 1. The van der Waals surface area contributed by atoms with Crippen LogP contribution in [0, 0.1) is 0 Å². The van der Waals surface area contributed by atoms with Crippen LogP contribution in [-0.2, 0) is 11.3 Å². The summed E-state index contributed by atoms with van der Waals surface area (Å²) in [6, 6.07) is 13.7. The van der Waals surface area contributed by atoms with Crippen LogP contribution in [0.1, 0.15) is 49.3 Å². The van der Waals surface area contributed by atoms with Gasteiger partial charge in [-0.25, -0.2) is 13.8 Å². The number of alkyl halides is 2. The molecule has 6 nitrogen and oxygen atoms in total. The fourth-order valence-electron chi connectivity index (χ4n) is 4.64. The van der Waals surface area contributed by atoms with Crippen LogP contribution in [-0.4, -0.2) is 32.9 Å². The van der Waals surface area contributed by atoms with E-state index in [1.165, 1.54) is 17.8 Å². The van der Waals surface area contributed by atoms with Gasteiger partial charge in [-0.2, -0.15) is 5.10 Å². The number of fused-ring (bicyclic) bond motifs is 1. The lowest BCUT2D eigenvalue weighted by atomic mass is 9.93. The first-order valence-corrected chi connectivity index (χ1v) is 12.0. The van der Waals surface area contributed by atoms with E-state index in [9.17, 15) is 8.78 Å². The van der Waals surface area contributed by atoms with Crippen molar-refractivity contribution in [2.75, 3.05) is 11.9 Å². The third kappa shape index (κ3) is 4.99. The fourth-order valence-corrected chi connectivity index (χ4v) is 4.83. The molecule has 0 spiro atoms. The highest BCUT2D eigenvalue weighted by Gasteiger charge is 2.27. The second-order valence-corrected chi connectivity index (χ2v) is 9.22. The summed E-state index contributed by atoms with van der Waals surface area (Å²) < 4.78 is 35.0. The Morgan fingerprint density at radius 2 is 1.89 bits per heavy atom. The lowest BCUT2D eigenvalue weighted by molar-refractivity contribution is 0.00783. The maximum atomic E-state index is 13.4. The Morgan fingerprint density at radius 1 is 1.11 bits per heavy atom. The molecule has 0 N–H and O–H groups in total. The molecule has 1 aliphatic rings. The molecule has 0 bridgehead atoms. The summed E-state index contributed by atoms with van der Waals surface area (Å²) >= 11 is 5.91. The van der Waals surface area contributed by atoms with Crippen molar-refractivity contribution in [2.24, 2.45) is 0 Å². The molecule has 3 heterocycles. The van der Waals surface area contributed by atoms with Gasteiger partial charge in [0.15, 0.2) is 5.82 Å². The minimum Gasteiger partial charge on any atom is -0.374 e. The van der Waals surface area contributed by atoms with Gasteiger partial charge in [-0.1, -0.05) is 41.9 Å². The van der Waals surface area contributed by atoms with Crippen LogP contribution in [0.3, 0.4) is 0 Å². The molecule has 0 atom stereocenters. The van der Waals surface area contributed by atoms with E-state index in [-0.39, 0.29) is 22.7 Å². The van der Waals surface area contributed by atoms with Gasteiger partial charge >= 0.3 is 0 Å². The smallest absolute Gasteiger partial charge is 0.265 e. The highest BCUT2D eigenvalue weighted by Crippen LogP contribution is 2.37. The number of pyridine rings is 2. The van der Waals surface area contributed by atoms with Crippen LogP contribution in [0.2, 0.25) is 5.02 Å². The molecule has 0 amide bonds.